The minimum atomic E-state index is -0.569. The molecule has 0 aliphatic rings. The van der Waals surface area contributed by atoms with E-state index in [1.807, 2.05) is 0 Å². The van der Waals surface area contributed by atoms with E-state index in [9.17, 15) is 15.3 Å². The van der Waals surface area contributed by atoms with Gasteiger partial charge >= 0.3 is 0 Å². The van der Waals surface area contributed by atoms with Crippen LogP contribution in [0, 0.1) is 0 Å². The van der Waals surface area contributed by atoms with Gasteiger partial charge in [0.15, 0.2) is 11.5 Å². The molecule has 6 nitrogen and oxygen atoms in total. The number of hydrogen-bond donors (Lipinski definition) is 4. The number of ether oxygens (including phenoxy) is 1. The highest BCUT2D eigenvalue weighted by molar-refractivity contribution is 5.82. The Morgan fingerprint density at radius 2 is 1.85 bits per heavy atom. The number of nitrogens with one attached hydrogen (secondary N) is 1. The number of imidazole rings is 1. The summed E-state index contributed by atoms with van der Waals surface area (Å²) in [6, 6.07) is 8.10. The minimum Gasteiger partial charge on any atom is -0.504 e. The van der Waals surface area contributed by atoms with Crippen LogP contribution in [0.3, 0.4) is 0 Å². The Morgan fingerprint density at radius 1 is 1.05 bits per heavy atom. The molecule has 0 radical (unpaired) electrons. The summed E-state index contributed by atoms with van der Waals surface area (Å²) in [5.41, 5.74) is 1.74. The molecule has 6 heteroatoms. The third kappa shape index (κ3) is 1.78. The maximum absolute atomic E-state index is 9.86. The number of methoxy groups -OCH3 is 1. The fourth-order valence-electron chi connectivity index (χ4n) is 2.00. The van der Waals surface area contributed by atoms with Crippen molar-refractivity contribution in [2.45, 2.75) is 0 Å². The monoisotopic (exact) mass is 272 g/mol. The van der Waals surface area contributed by atoms with E-state index in [0.29, 0.717) is 22.7 Å². The first-order valence-corrected chi connectivity index (χ1v) is 5.88. The van der Waals surface area contributed by atoms with Gasteiger partial charge in [0, 0.05) is 6.07 Å². The Morgan fingerprint density at radius 3 is 2.60 bits per heavy atom. The number of phenols is 3. The molecule has 0 fully saturated rings. The van der Waals surface area contributed by atoms with Gasteiger partial charge in [0.1, 0.15) is 11.6 Å². The van der Waals surface area contributed by atoms with Crippen molar-refractivity contribution in [1.29, 1.82) is 0 Å². The summed E-state index contributed by atoms with van der Waals surface area (Å²) in [4.78, 5) is 7.36. The van der Waals surface area contributed by atoms with Gasteiger partial charge in [-0.2, -0.15) is 0 Å². The van der Waals surface area contributed by atoms with Crippen molar-refractivity contribution in [1.82, 2.24) is 9.97 Å². The highest BCUT2D eigenvalue weighted by Gasteiger charge is 2.15. The predicted octanol–water partition coefficient (Wildman–Crippen LogP) is 2.36. The van der Waals surface area contributed by atoms with Crippen molar-refractivity contribution < 1.29 is 20.1 Å². The zero-order valence-electron chi connectivity index (χ0n) is 10.6. The fraction of sp³-hybridized carbons (Fsp3) is 0.0714. The van der Waals surface area contributed by atoms with E-state index >= 15 is 0 Å². The zero-order chi connectivity index (χ0) is 14.3. The van der Waals surface area contributed by atoms with Crippen LogP contribution in [-0.4, -0.2) is 32.4 Å². The lowest BCUT2D eigenvalue weighted by molar-refractivity contribution is 0.369. The quantitative estimate of drug-likeness (QED) is 0.537. The largest absolute Gasteiger partial charge is 0.504 e. The number of aromatic amines is 1. The summed E-state index contributed by atoms with van der Waals surface area (Å²) in [5, 5.41) is 28.7. The van der Waals surface area contributed by atoms with Crippen LogP contribution in [0.4, 0.5) is 0 Å². The Hall–Kier alpha value is -2.89. The zero-order valence-corrected chi connectivity index (χ0v) is 10.6. The first-order chi connectivity index (χ1) is 9.60. The standard InChI is InChI=1S/C14H12N2O4/c1-20-7-2-4-9-10(6-7)16-14(15-9)8-3-5-11(17)13(19)12(8)18/h2-6,17-19H,1H3,(H,15,16). The molecule has 2 aromatic carbocycles. The molecule has 0 aliphatic carbocycles. The third-order valence-corrected chi connectivity index (χ3v) is 3.07. The number of phenolic OH excluding ortho intramolecular Hbond substituents is 3. The molecule has 0 unspecified atom stereocenters. The van der Waals surface area contributed by atoms with Gasteiger partial charge in [-0.05, 0) is 24.3 Å². The van der Waals surface area contributed by atoms with E-state index < -0.39 is 11.5 Å². The number of hydrogen-bond acceptors (Lipinski definition) is 5. The molecule has 0 saturated carbocycles. The normalized spacial score (nSPS) is 10.8. The second-order valence-electron chi connectivity index (χ2n) is 4.30. The molecule has 0 saturated heterocycles. The van der Waals surface area contributed by atoms with Crippen molar-refractivity contribution in [2.75, 3.05) is 7.11 Å². The minimum absolute atomic E-state index is 0.301. The first kappa shape index (κ1) is 12.2. The van der Waals surface area contributed by atoms with Crippen LogP contribution in [0.15, 0.2) is 30.3 Å². The summed E-state index contributed by atoms with van der Waals surface area (Å²) in [6.07, 6.45) is 0. The van der Waals surface area contributed by atoms with Crippen LogP contribution < -0.4 is 4.74 Å². The molecule has 3 rings (SSSR count). The summed E-state index contributed by atoms with van der Waals surface area (Å²) in [6.45, 7) is 0. The Bertz CT molecular complexity index is 795. The molecule has 1 heterocycles. The maximum Gasteiger partial charge on any atom is 0.201 e. The highest BCUT2D eigenvalue weighted by atomic mass is 16.5. The van der Waals surface area contributed by atoms with Crippen LogP contribution >= 0.6 is 0 Å². The summed E-state index contributed by atoms with van der Waals surface area (Å²) in [7, 11) is 1.57. The SMILES string of the molecule is COc1ccc2nc(-c3ccc(O)c(O)c3O)[nH]c2c1. The fourth-order valence-corrected chi connectivity index (χ4v) is 2.00. The molecular weight excluding hydrogens is 260 g/mol. The Balaban J connectivity index is 2.17. The molecule has 20 heavy (non-hydrogen) atoms. The van der Waals surface area contributed by atoms with Gasteiger partial charge < -0.3 is 25.0 Å². The molecule has 1 aromatic heterocycles. The van der Waals surface area contributed by atoms with Crippen LogP contribution in [0.25, 0.3) is 22.4 Å². The van der Waals surface area contributed by atoms with Crippen molar-refractivity contribution in [3.8, 4) is 34.4 Å². The number of rotatable bonds is 2. The molecule has 0 bridgehead atoms. The highest BCUT2D eigenvalue weighted by Crippen LogP contribution is 2.41. The smallest absolute Gasteiger partial charge is 0.201 e. The number of nitrogens with zero attached hydrogens (tertiary/aromatic N) is 1. The average molecular weight is 272 g/mol. The summed E-state index contributed by atoms with van der Waals surface area (Å²) >= 11 is 0. The van der Waals surface area contributed by atoms with Crippen molar-refractivity contribution in [3.05, 3.63) is 30.3 Å². The van der Waals surface area contributed by atoms with Gasteiger partial charge in [0.25, 0.3) is 0 Å². The van der Waals surface area contributed by atoms with Crippen molar-refractivity contribution in [3.63, 3.8) is 0 Å². The Labute approximate surface area is 113 Å². The maximum atomic E-state index is 9.86. The lowest BCUT2D eigenvalue weighted by Crippen LogP contribution is -1.82. The molecule has 102 valence electrons. The Kier molecular flexibility index (Phi) is 2.64. The average Bonchev–Trinajstić information content (AvgIpc) is 2.87. The topological polar surface area (TPSA) is 98.6 Å². The van der Waals surface area contributed by atoms with Gasteiger partial charge in [0.05, 0.1) is 23.7 Å². The predicted molar refractivity (Wildman–Crippen MR) is 73.1 cm³/mol. The molecule has 0 amide bonds. The van der Waals surface area contributed by atoms with E-state index in [0.717, 1.165) is 5.52 Å². The molecule has 3 aromatic rings. The number of fused-ring (bicyclic) bond motifs is 1. The van der Waals surface area contributed by atoms with E-state index in [-0.39, 0.29) is 5.75 Å². The van der Waals surface area contributed by atoms with Crippen molar-refractivity contribution in [2.24, 2.45) is 0 Å². The van der Waals surface area contributed by atoms with Crippen LogP contribution in [0.2, 0.25) is 0 Å². The van der Waals surface area contributed by atoms with Gasteiger partial charge in [0.2, 0.25) is 5.75 Å². The summed E-state index contributed by atoms with van der Waals surface area (Å²) < 4.78 is 5.13. The lowest BCUT2D eigenvalue weighted by Gasteiger charge is -2.04. The van der Waals surface area contributed by atoms with Crippen LogP contribution in [-0.2, 0) is 0 Å². The van der Waals surface area contributed by atoms with E-state index in [1.54, 1.807) is 25.3 Å². The van der Waals surface area contributed by atoms with Crippen LogP contribution in [0.1, 0.15) is 0 Å². The van der Waals surface area contributed by atoms with E-state index in [2.05, 4.69) is 9.97 Å². The number of benzene rings is 2. The van der Waals surface area contributed by atoms with Gasteiger partial charge in [-0.1, -0.05) is 0 Å². The molecular formula is C14H12N2O4. The molecule has 0 spiro atoms. The molecule has 4 N–H and O–H groups in total. The van der Waals surface area contributed by atoms with E-state index in [1.165, 1.54) is 12.1 Å². The first-order valence-electron chi connectivity index (χ1n) is 5.88. The lowest BCUT2D eigenvalue weighted by atomic mass is 10.1. The number of aromatic nitrogens is 2. The number of aromatic hydroxyl groups is 3. The van der Waals surface area contributed by atoms with Crippen LogP contribution in [0.5, 0.6) is 23.0 Å². The van der Waals surface area contributed by atoms with Gasteiger partial charge in [-0.25, -0.2) is 4.98 Å². The second kappa shape index (κ2) is 4.34. The van der Waals surface area contributed by atoms with Crippen molar-refractivity contribution >= 4 is 11.0 Å². The summed E-state index contributed by atoms with van der Waals surface area (Å²) in [5.74, 6) is -0.299. The number of H-pyrrole nitrogens is 1. The van der Waals surface area contributed by atoms with Gasteiger partial charge in [-0.15, -0.1) is 0 Å². The van der Waals surface area contributed by atoms with Gasteiger partial charge in [-0.3, -0.25) is 0 Å². The molecule has 0 aliphatic heterocycles. The third-order valence-electron chi connectivity index (χ3n) is 3.07. The van der Waals surface area contributed by atoms with E-state index in [4.69, 9.17) is 4.74 Å². The molecule has 0 atom stereocenters. The second-order valence-corrected chi connectivity index (χ2v) is 4.30.